The Morgan fingerprint density at radius 3 is 2.67 bits per heavy atom. The average molecular weight is 360 g/mol. The Morgan fingerprint density at radius 1 is 1.11 bits per heavy atom. The van der Waals surface area contributed by atoms with Gasteiger partial charge in [0.2, 0.25) is 0 Å². The number of phenols is 1. The average Bonchev–Trinajstić information content (AvgIpc) is 2.70. The van der Waals surface area contributed by atoms with Crippen molar-refractivity contribution < 1.29 is 9.84 Å². The van der Waals surface area contributed by atoms with Crippen molar-refractivity contribution >= 4 is 17.7 Å². The summed E-state index contributed by atoms with van der Waals surface area (Å²) in [6.45, 7) is 2.56. The molecule has 3 rings (SSSR count). The van der Waals surface area contributed by atoms with E-state index in [4.69, 9.17) is 4.74 Å². The number of phenolic OH excluding ortho intramolecular Hbond substituents is 1. The number of amidine groups is 1. The molecule has 2 aromatic carbocycles. The van der Waals surface area contributed by atoms with Crippen LogP contribution in [0.5, 0.6) is 11.5 Å². The fraction of sp³-hybridized carbons (Fsp3) is 0.0952. The lowest BCUT2D eigenvalue weighted by Gasteiger charge is -2.06. The molecule has 0 amide bonds. The molecule has 2 N–H and O–H groups in total. The van der Waals surface area contributed by atoms with Crippen LogP contribution in [0.1, 0.15) is 18.2 Å². The second-order valence-electron chi connectivity index (χ2n) is 5.57. The lowest BCUT2D eigenvalue weighted by atomic mass is 10.2. The number of aliphatic imine (C=N–C) groups is 1. The molecular weight excluding hydrogens is 340 g/mol. The Balaban J connectivity index is 1.83. The number of hydrazone groups is 1. The highest BCUT2D eigenvalue weighted by molar-refractivity contribution is 5.99. The second-order valence-corrected chi connectivity index (χ2v) is 5.57. The summed E-state index contributed by atoms with van der Waals surface area (Å²) < 4.78 is 5.45. The SMILES string of the molecule is CCOc1ccc(N=C(N/N=C/c2cccc(O)c2)c2ccccn2)cc1. The van der Waals surface area contributed by atoms with Crippen LogP contribution in [0.15, 0.2) is 83.0 Å². The van der Waals surface area contributed by atoms with Gasteiger partial charge in [-0.2, -0.15) is 5.10 Å². The van der Waals surface area contributed by atoms with Gasteiger partial charge in [-0.05, 0) is 61.0 Å². The monoisotopic (exact) mass is 360 g/mol. The fourth-order valence-electron chi connectivity index (χ4n) is 2.33. The summed E-state index contributed by atoms with van der Waals surface area (Å²) in [7, 11) is 0. The summed E-state index contributed by atoms with van der Waals surface area (Å²) in [5.41, 5.74) is 5.12. The van der Waals surface area contributed by atoms with E-state index < -0.39 is 0 Å². The highest BCUT2D eigenvalue weighted by Crippen LogP contribution is 2.19. The van der Waals surface area contributed by atoms with Gasteiger partial charge in [0, 0.05) is 6.20 Å². The van der Waals surface area contributed by atoms with E-state index in [9.17, 15) is 5.11 Å². The van der Waals surface area contributed by atoms with Crippen LogP contribution in [0.3, 0.4) is 0 Å². The van der Waals surface area contributed by atoms with Crippen LogP contribution >= 0.6 is 0 Å². The molecular formula is C21H20N4O2. The minimum Gasteiger partial charge on any atom is -0.508 e. The number of aromatic nitrogens is 1. The van der Waals surface area contributed by atoms with Crippen LogP contribution in [0.25, 0.3) is 0 Å². The Kier molecular flexibility index (Phi) is 6.14. The van der Waals surface area contributed by atoms with Gasteiger partial charge in [0.25, 0.3) is 0 Å². The number of aromatic hydroxyl groups is 1. The molecule has 0 aliphatic heterocycles. The number of nitrogens with zero attached hydrogens (tertiary/aromatic N) is 3. The van der Waals surface area contributed by atoms with Crippen molar-refractivity contribution in [3.63, 3.8) is 0 Å². The first kappa shape index (κ1) is 18.1. The molecule has 3 aromatic rings. The van der Waals surface area contributed by atoms with Gasteiger partial charge in [0.15, 0.2) is 5.84 Å². The van der Waals surface area contributed by atoms with Crippen molar-refractivity contribution in [1.29, 1.82) is 0 Å². The largest absolute Gasteiger partial charge is 0.508 e. The first-order valence-electron chi connectivity index (χ1n) is 8.55. The molecule has 6 nitrogen and oxygen atoms in total. The third kappa shape index (κ3) is 5.40. The molecule has 0 aliphatic carbocycles. The molecule has 0 radical (unpaired) electrons. The number of hydrogen-bond acceptors (Lipinski definition) is 5. The van der Waals surface area contributed by atoms with E-state index in [0.29, 0.717) is 18.1 Å². The lowest BCUT2D eigenvalue weighted by molar-refractivity contribution is 0.340. The fourth-order valence-corrected chi connectivity index (χ4v) is 2.33. The number of nitrogens with one attached hydrogen (secondary N) is 1. The zero-order valence-electron chi connectivity index (χ0n) is 14.9. The third-order valence-electron chi connectivity index (χ3n) is 3.55. The number of benzene rings is 2. The van der Waals surface area contributed by atoms with Gasteiger partial charge in [-0.3, -0.25) is 10.4 Å². The van der Waals surface area contributed by atoms with Gasteiger partial charge in [-0.15, -0.1) is 0 Å². The number of pyridine rings is 1. The predicted molar refractivity (Wildman–Crippen MR) is 107 cm³/mol. The van der Waals surface area contributed by atoms with Crippen molar-refractivity contribution in [1.82, 2.24) is 10.4 Å². The van der Waals surface area contributed by atoms with E-state index in [-0.39, 0.29) is 5.75 Å². The summed E-state index contributed by atoms with van der Waals surface area (Å²) in [6, 6.07) is 19.9. The molecule has 136 valence electrons. The maximum atomic E-state index is 9.53. The molecule has 1 aromatic heterocycles. The van der Waals surface area contributed by atoms with Gasteiger partial charge in [0.1, 0.15) is 17.2 Å². The van der Waals surface area contributed by atoms with E-state index >= 15 is 0 Å². The van der Waals surface area contributed by atoms with Gasteiger partial charge in [0.05, 0.1) is 18.5 Å². The molecule has 0 saturated heterocycles. The van der Waals surface area contributed by atoms with Crippen LogP contribution in [0.2, 0.25) is 0 Å². The van der Waals surface area contributed by atoms with Crippen molar-refractivity contribution in [3.05, 3.63) is 84.2 Å². The van der Waals surface area contributed by atoms with Crippen molar-refractivity contribution in [3.8, 4) is 11.5 Å². The van der Waals surface area contributed by atoms with E-state index in [0.717, 1.165) is 17.0 Å². The summed E-state index contributed by atoms with van der Waals surface area (Å²) >= 11 is 0. The van der Waals surface area contributed by atoms with Crippen molar-refractivity contribution in [2.45, 2.75) is 6.92 Å². The normalized spacial score (nSPS) is 11.5. The smallest absolute Gasteiger partial charge is 0.172 e. The topological polar surface area (TPSA) is 79.1 Å². The van der Waals surface area contributed by atoms with Gasteiger partial charge in [-0.1, -0.05) is 18.2 Å². The van der Waals surface area contributed by atoms with Crippen LogP contribution in [0.4, 0.5) is 5.69 Å². The molecule has 0 saturated carbocycles. The summed E-state index contributed by atoms with van der Waals surface area (Å²) in [6.07, 6.45) is 3.31. The Bertz CT molecular complexity index is 922. The molecule has 6 heteroatoms. The molecule has 0 spiro atoms. The standard InChI is InChI=1S/C21H20N4O2/c1-2-27-19-11-9-17(10-12-19)24-21(20-8-3-4-13-22-20)25-23-15-16-6-5-7-18(26)14-16/h3-15,26H,2H2,1H3,(H,24,25)/b23-15+. The predicted octanol–water partition coefficient (Wildman–Crippen LogP) is 3.89. The van der Waals surface area contributed by atoms with Crippen LogP contribution in [-0.2, 0) is 0 Å². The van der Waals surface area contributed by atoms with Gasteiger partial charge >= 0.3 is 0 Å². The maximum Gasteiger partial charge on any atom is 0.172 e. The van der Waals surface area contributed by atoms with E-state index in [2.05, 4.69) is 20.5 Å². The highest BCUT2D eigenvalue weighted by atomic mass is 16.5. The number of hydrogen-bond donors (Lipinski definition) is 2. The summed E-state index contributed by atoms with van der Waals surface area (Å²) in [4.78, 5) is 8.93. The molecule has 0 aliphatic rings. The van der Waals surface area contributed by atoms with E-state index in [1.54, 1.807) is 30.6 Å². The Labute approximate surface area is 157 Å². The van der Waals surface area contributed by atoms with Crippen molar-refractivity contribution in [2.24, 2.45) is 10.1 Å². The molecule has 1 heterocycles. The summed E-state index contributed by atoms with van der Waals surface area (Å²) in [5.74, 6) is 1.49. The minimum absolute atomic E-state index is 0.187. The number of ether oxygens (including phenoxy) is 1. The second kappa shape index (κ2) is 9.15. The highest BCUT2D eigenvalue weighted by Gasteiger charge is 2.04. The number of rotatable bonds is 6. The molecule has 0 atom stereocenters. The molecule has 0 bridgehead atoms. The molecule has 0 unspecified atom stereocenters. The Morgan fingerprint density at radius 2 is 1.96 bits per heavy atom. The molecule has 0 fully saturated rings. The van der Waals surface area contributed by atoms with Crippen molar-refractivity contribution in [2.75, 3.05) is 6.61 Å². The first-order chi connectivity index (χ1) is 13.2. The van der Waals surface area contributed by atoms with E-state index in [1.807, 2.05) is 55.5 Å². The maximum absolute atomic E-state index is 9.53. The van der Waals surface area contributed by atoms with Crippen LogP contribution < -0.4 is 10.2 Å². The summed E-state index contributed by atoms with van der Waals surface area (Å²) in [5, 5.41) is 13.7. The van der Waals surface area contributed by atoms with Crippen LogP contribution in [-0.4, -0.2) is 28.7 Å². The first-order valence-corrected chi connectivity index (χ1v) is 8.55. The van der Waals surface area contributed by atoms with Gasteiger partial charge < -0.3 is 9.84 Å². The van der Waals surface area contributed by atoms with Crippen LogP contribution in [0, 0.1) is 0 Å². The zero-order chi connectivity index (χ0) is 18.9. The van der Waals surface area contributed by atoms with E-state index in [1.165, 1.54) is 0 Å². The quantitative estimate of drug-likeness (QED) is 0.397. The third-order valence-corrected chi connectivity index (χ3v) is 3.55. The van der Waals surface area contributed by atoms with Gasteiger partial charge in [-0.25, -0.2) is 4.99 Å². The Hall–Kier alpha value is -3.67. The molecule has 27 heavy (non-hydrogen) atoms. The lowest BCUT2D eigenvalue weighted by Crippen LogP contribution is -2.20. The zero-order valence-corrected chi connectivity index (χ0v) is 14.9. The minimum atomic E-state index is 0.187.